The summed E-state index contributed by atoms with van der Waals surface area (Å²) in [6, 6.07) is 9.73. The molecule has 2 aromatic carbocycles. The van der Waals surface area contributed by atoms with Gasteiger partial charge in [-0.1, -0.05) is 57.7 Å². The van der Waals surface area contributed by atoms with Crippen molar-refractivity contribution in [3.05, 3.63) is 41.5 Å². The molecule has 0 radical (unpaired) electrons. The molecule has 0 aliphatic carbocycles. The maximum absolute atomic E-state index is 11.9. The smallest absolute Gasteiger partial charge is 0.282 e. The highest BCUT2D eigenvalue weighted by Gasteiger charge is 2.17. The van der Waals surface area contributed by atoms with Gasteiger partial charge < -0.3 is 0 Å². The maximum atomic E-state index is 11.9. The third kappa shape index (κ3) is 4.81. The first kappa shape index (κ1) is 18.9. The second-order valence-corrected chi connectivity index (χ2v) is 7.88. The summed E-state index contributed by atoms with van der Waals surface area (Å²) in [5.41, 5.74) is 1.88. The standard InChI is InChI=1S/C20H28O3S/c1-3-5-7-10-16-12-9-13-17-14-18(11-8-6-4-2)20(15-19(16)17)24(21,22)23/h9,12-15H,3-8,10-11H2,1-2H3,(H,21,22,23). The summed E-state index contributed by atoms with van der Waals surface area (Å²) in [7, 11) is -4.20. The quantitative estimate of drug-likeness (QED) is 0.477. The minimum Gasteiger partial charge on any atom is -0.282 e. The Balaban J connectivity index is 2.47. The van der Waals surface area contributed by atoms with E-state index in [-0.39, 0.29) is 4.90 Å². The van der Waals surface area contributed by atoms with Crippen LogP contribution in [0.2, 0.25) is 0 Å². The van der Waals surface area contributed by atoms with Gasteiger partial charge in [0.15, 0.2) is 0 Å². The van der Waals surface area contributed by atoms with Crippen LogP contribution in [0.3, 0.4) is 0 Å². The molecule has 2 aromatic rings. The zero-order chi connectivity index (χ0) is 17.6. The molecule has 0 unspecified atom stereocenters. The lowest BCUT2D eigenvalue weighted by atomic mass is 9.96. The first-order valence-corrected chi connectivity index (χ1v) is 10.4. The molecule has 0 aliphatic rings. The Morgan fingerprint density at radius 1 is 0.875 bits per heavy atom. The van der Waals surface area contributed by atoms with Crippen molar-refractivity contribution in [2.24, 2.45) is 0 Å². The monoisotopic (exact) mass is 348 g/mol. The first-order valence-electron chi connectivity index (χ1n) is 8.99. The van der Waals surface area contributed by atoms with Crippen LogP contribution >= 0.6 is 0 Å². The Morgan fingerprint density at radius 3 is 2.08 bits per heavy atom. The summed E-state index contributed by atoms with van der Waals surface area (Å²) < 4.78 is 33.4. The van der Waals surface area contributed by atoms with E-state index in [0.717, 1.165) is 66.8 Å². The van der Waals surface area contributed by atoms with Crippen LogP contribution < -0.4 is 0 Å². The highest BCUT2D eigenvalue weighted by Crippen LogP contribution is 2.28. The Hall–Kier alpha value is -1.39. The molecule has 0 aliphatic heterocycles. The van der Waals surface area contributed by atoms with E-state index in [0.29, 0.717) is 6.42 Å². The molecule has 132 valence electrons. The number of hydrogen-bond acceptors (Lipinski definition) is 2. The minimum atomic E-state index is -4.20. The summed E-state index contributed by atoms with van der Waals surface area (Å²) >= 11 is 0. The average Bonchev–Trinajstić information content (AvgIpc) is 2.54. The van der Waals surface area contributed by atoms with Gasteiger partial charge in [0.1, 0.15) is 0 Å². The molecule has 4 heteroatoms. The molecule has 0 amide bonds. The SMILES string of the molecule is CCCCCc1cc2cccc(CCCCC)c2cc1S(=O)(=O)O. The van der Waals surface area contributed by atoms with E-state index in [1.165, 1.54) is 0 Å². The topological polar surface area (TPSA) is 54.4 Å². The molecule has 0 saturated carbocycles. The number of fused-ring (bicyclic) bond motifs is 1. The Labute approximate surface area is 145 Å². The van der Waals surface area contributed by atoms with Crippen LogP contribution in [0.4, 0.5) is 0 Å². The number of rotatable bonds is 9. The third-order valence-electron chi connectivity index (χ3n) is 4.53. The van der Waals surface area contributed by atoms with Crippen LogP contribution in [-0.4, -0.2) is 13.0 Å². The lowest BCUT2D eigenvalue weighted by molar-refractivity contribution is 0.482. The van der Waals surface area contributed by atoms with E-state index < -0.39 is 10.1 Å². The Bertz CT molecular complexity index is 779. The van der Waals surface area contributed by atoms with Gasteiger partial charge in [0.05, 0.1) is 4.90 Å². The molecule has 1 N–H and O–H groups in total. The van der Waals surface area contributed by atoms with E-state index in [9.17, 15) is 13.0 Å². The molecule has 0 saturated heterocycles. The van der Waals surface area contributed by atoms with E-state index in [1.807, 2.05) is 18.2 Å². The molecule has 0 spiro atoms. The predicted octanol–water partition coefficient (Wildman–Crippen LogP) is 5.55. The highest BCUT2D eigenvalue weighted by molar-refractivity contribution is 7.85. The summed E-state index contributed by atoms with van der Waals surface area (Å²) in [6.45, 7) is 4.29. The van der Waals surface area contributed by atoms with Gasteiger partial charge in [-0.05, 0) is 59.7 Å². The van der Waals surface area contributed by atoms with E-state index in [1.54, 1.807) is 6.07 Å². The predicted molar refractivity (Wildman–Crippen MR) is 100 cm³/mol. The van der Waals surface area contributed by atoms with Crippen molar-refractivity contribution in [3.63, 3.8) is 0 Å². The summed E-state index contributed by atoms with van der Waals surface area (Å²) in [5, 5.41) is 2.00. The molecule has 0 atom stereocenters. The maximum Gasteiger partial charge on any atom is 0.294 e. The van der Waals surface area contributed by atoms with Crippen molar-refractivity contribution < 1.29 is 13.0 Å². The van der Waals surface area contributed by atoms with Crippen molar-refractivity contribution in [2.75, 3.05) is 0 Å². The van der Waals surface area contributed by atoms with Crippen LogP contribution in [0, 0.1) is 0 Å². The van der Waals surface area contributed by atoms with Crippen LogP contribution in [0.5, 0.6) is 0 Å². The summed E-state index contributed by atoms with van der Waals surface area (Å²) in [6.07, 6.45) is 8.09. The van der Waals surface area contributed by atoms with Gasteiger partial charge in [-0.15, -0.1) is 0 Å². The molecular weight excluding hydrogens is 320 g/mol. The fourth-order valence-electron chi connectivity index (χ4n) is 3.20. The van der Waals surface area contributed by atoms with Gasteiger partial charge in [-0.2, -0.15) is 8.42 Å². The lowest BCUT2D eigenvalue weighted by Gasteiger charge is -2.12. The summed E-state index contributed by atoms with van der Waals surface area (Å²) in [4.78, 5) is 0.0778. The Kier molecular flexibility index (Phi) is 6.81. The second-order valence-electron chi connectivity index (χ2n) is 6.49. The Morgan fingerprint density at radius 2 is 1.50 bits per heavy atom. The molecule has 0 aromatic heterocycles. The van der Waals surface area contributed by atoms with Crippen LogP contribution in [0.15, 0.2) is 35.2 Å². The highest BCUT2D eigenvalue weighted by atomic mass is 32.2. The number of aryl methyl sites for hydroxylation is 2. The van der Waals surface area contributed by atoms with Gasteiger partial charge in [0, 0.05) is 0 Å². The van der Waals surface area contributed by atoms with Crippen molar-refractivity contribution in [1.29, 1.82) is 0 Å². The van der Waals surface area contributed by atoms with Crippen LogP contribution in [-0.2, 0) is 23.0 Å². The average molecular weight is 349 g/mol. The lowest BCUT2D eigenvalue weighted by Crippen LogP contribution is -2.04. The summed E-state index contributed by atoms with van der Waals surface area (Å²) in [5.74, 6) is 0. The molecule has 0 fully saturated rings. The number of unbranched alkanes of at least 4 members (excludes halogenated alkanes) is 4. The van der Waals surface area contributed by atoms with Crippen LogP contribution in [0.25, 0.3) is 10.8 Å². The van der Waals surface area contributed by atoms with Gasteiger partial charge in [-0.3, -0.25) is 4.55 Å². The van der Waals surface area contributed by atoms with E-state index in [2.05, 4.69) is 19.9 Å². The van der Waals surface area contributed by atoms with Crippen LogP contribution in [0.1, 0.15) is 63.5 Å². The fraction of sp³-hybridized carbons (Fsp3) is 0.500. The molecule has 0 heterocycles. The molecule has 2 rings (SSSR count). The molecule has 0 bridgehead atoms. The minimum absolute atomic E-state index is 0.0778. The van der Waals surface area contributed by atoms with Gasteiger partial charge >= 0.3 is 0 Å². The van der Waals surface area contributed by atoms with E-state index in [4.69, 9.17) is 0 Å². The first-order chi connectivity index (χ1) is 11.5. The zero-order valence-electron chi connectivity index (χ0n) is 14.7. The number of benzene rings is 2. The largest absolute Gasteiger partial charge is 0.294 e. The number of hydrogen-bond donors (Lipinski definition) is 1. The van der Waals surface area contributed by atoms with Crippen molar-refractivity contribution in [2.45, 2.75) is 70.1 Å². The van der Waals surface area contributed by atoms with Crippen molar-refractivity contribution in [3.8, 4) is 0 Å². The normalized spacial score (nSPS) is 12.0. The van der Waals surface area contributed by atoms with Gasteiger partial charge in [0.25, 0.3) is 10.1 Å². The second kappa shape index (κ2) is 8.63. The zero-order valence-corrected chi connectivity index (χ0v) is 15.5. The fourth-order valence-corrected chi connectivity index (χ4v) is 3.96. The van der Waals surface area contributed by atoms with Crippen molar-refractivity contribution in [1.82, 2.24) is 0 Å². The molecular formula is C20H28O3S. The van der Waals surface area contributed by atoms with Gasteiger partial charge in [0.2, 0.25) is 0 Å². The molecule has 24 heavy (non-hydrogen) atoms. The van der Waals surface area contributed by atoms with Crippen molar-refractivity contribution >= 4 is 20.9 Å². The molecule has 3 nitrogen and oxygen atoms in total. The third-order valence-corrected chi connectivity index (χ3v) is 5.46. The van der Waals surface area contributed by atoms with Gasteiger partial charge in [-0.25, -0.2) is 0 Å². The van der Waals surface area contributed by atoms with E-state index >= 15 is 0 Å².